The predicted molar refractivity (Wildman–Crippen MR) is 109 cm³/mol. The number of nitrogens with one attached hydrogen (secondary N) is 1. The SMILES string of the molecule is CC(Cc1ccc2c(c1)OCO2)c1nccn1-c1cccc(N2CCNC2=O)c1. The molecular formula is C22H22N4O3. The van der Waals surface area contributed by atoms with Gasteiger partial charge in [-0.05, 0) is 42.3 Å². The number of anilines is 1. The van der Waals surface area contributed by atoms with Crippen molar-refractivity contribution in [3.05, 3.63) is 66.2 Å². The van der Waals surface area contributed by atoms with Crippen LogP contribution in [0, 0.1) is 0 Å². The third-order valence-electron chi connectivity index (χ3n) is 5.37. The summed E-state index contributed by atoms with van der Waals surface area (Å²) in [5, 5.41) is 2.85. The number of hydrogen-bond donors (Lipinski definition) is 1. The molecule has 3 aromatic rings. The average Bonchev–Trinajstić information content (AvgIpc) is 3.48. The molecule has 1 saturated heterocycles. The Bertz CT molecular complexity index is 1060. The fraction of sp³-hybridized carbons (Fsp3) is 0.273. The van der Waals surface area contributed by atoms with Gasteiger partial charge in [-0.1, -0.05) is 19.1 Å². The lowest BCUT2D eigenvalue weighted by atomic mass is 10.00. The van der Waals surface area contributed by atoms with Crippen molar-refractivity contribution < 1.29 is 14.3 Å². The fourth-order valence-corrected chi connectivity index (χ4v) is 3.94. The van der Waals surface area contributed by atoms with E-state index in [1.165, 1.54) is 5.56 Å². The molecule has 2 aromatic carbocycles. The maximum Gasteiger partial charge on any atom is 0.321 e. The number of rotatable bonds is 5. The molecule has 0 saturated carbocycles. The van der Waals surface area contributed by atoms with Gasteiger partial charge in [-0.15, -0.1) is 0 Å². The molecule has 1 N–H and O–H groups in total. The van der Waals surface area contributed by atoms with Crippen LogP contribution in [0.2, 0.25) is 0 Å². The van der Waals surface area contributed by atoms with Crippen LogP contribution in [0.1, 0.15) is 24.2 Å². The third-order valence-corrected chi connectivity index (χ3v) is 5.37. The molecule has 3 heterocycles. The average molecular weight is 390 g/mol. The molecule has 29 heavy (non-hydrogen) atoms. The lowest BCUT2D eigenvalue weighted by molar-refractivity contribution is 0.174. The summed E-state index contributed by atoms with van der Waals surface area (Å²) in [5.41, 5.74) is 3.06. The molecule has 0 radical (unpaired) electrons. The van der Waals surface area contributed by atoms with Gasteiger partial charge in [0.1, 0.15) is 5.82 Å². The number of imidazole rings is 1. The zero-order valence-electron chi connectivity index (χ0n) is 16.2. The Morgan fingerprint density at radius 2 is 2.00 bits per heavy atom. The second kappa shape index (κ2) is 7.16. The van der Waals surface area contributed by atoms with E-state index in [0.29, 0.717) is 13.1 Å². The summed E-state index contributed by atoms with van der Waals surface area (Å²) in [6.07, 6.45) is 4.62. The highest BCUT2D eigenvalue weighted by atomic mass is 16.7. The van der Waals surface area contributed by atoms with E-state index < -0.39 is 0 Å². The van der Waals surface area contributed by atoms with Crippen molar-refractivity contribution in [2.45, 2.75) is 19.3 Å². The van der Waals surface area contributed by atoms with Crippen LogP contribution in [0.4, 0.5) is 10.5 Å². The molecular weight excluding hydrogens is 368 g/mol. The molecule has 5 rings (SSSR count). The summed E-state index contributed by atoms with van der Waals surface area (Å²) < 4.78 is 13.0. The van der Waals surface area contributed by atoms with E-state index in [1.54, 1.807) is 4.90 Å². The lowest BCUT2D eigenvalue weighted by Gasteiger charge is -2.18. The molecule has 1 atom stereocenters. The van der Waals surface area contributed by atoms with Crippen LogP contribution in [-0.4, -0.2) is 35.5 Å². The Morgan fingerprint density at radius 3 is 2.86 bits per heavy atom. The molecule has 2 aliphatic heterocycles. The van der Waals surface area contributed by atoms with Gasteiger partial charge in [0.25, 0.3) is 0 Å². The van der Waals surface area contributed by atoms with Gasteiger partial charge in [0.2, 0.25) is 6.79 Å². The Balaban J connectivity index is 1.40. The molecule has 1 unspecified atom stereocenters. The number of ether oxygens (including phenoxy) is 2. The molecule has 0 bridgehead atoms. The first-order valence-corrected chi connectivity index (χ1v) is 9.76. The van der Waals surface area contributed by atoms with Crippen molar-refractivity contribution in [2.24, 2.45) is 0 Å². The monoisotopic (exact) mass is 390 g/mol. The van der Waals surface area contributed by atoms with Crippen molar-refractivity contribution >= 4 is 11.7 Å². The van der Waals surface area contributed by atoms with E-state index in [-0.39, 0.29) is 18.7 Å². The minimum Gasteiger partial charge on any atom is -0.454 e. The van der Waals surface area contributed by atoms with Crippen molar-refractivity contribution in [3.8, 4) is 17.2 Å². The summed E-state index contributed by atoms with van der Waals surface area (Å²) in [6, 6.07) is 14.0. The first-order valence-electron chi connectivity index (χ1n) is 9.76. The Kier molecular flexibility index (Phi) is 4.35. The first kappa shape index (κ1) is 17.6. The second-order valence-corrected chi connectivity index (χ2v) is 7.35. The van der Waals surface area contributed by atoms with E-state index >= 15 is 0 Å². The zero-order valence-corrected chi connectivity index (χ0v) is 16.2. The van der Waals surface area contributed by atoms with Crippen LogP contribution in [-0.2, 0) is 6.42 Å². The normalized spacial score (nSPS) is 16.2. The molecule has 1 aromatic heterocycles. The van der Waals surface area contributed by atoms with Gasteiger partial charge in [0.15, 0.2) is 11.5 Å². The van der Waals surface area contributed by atoms with Crippen LogP contribution >= 0.6 is 0 Å². The van der Waals surface area contributed by atoms with Crippen LogP contribution in [0.15, 0.2) is 54.9 Å². The van der Waals surface area contributed by atoms with Crippen LogP contribution in [0.5, 0.6) is 11.5 Å². The summed E-state index contributed by atoms with van der Waals surface area (Å²) in [4.78, 5) is 18.4. The topological polar surface area (TPSA) is 68.6 Å². The van der Waals surface area contributed by atoms with Gasteiger partial charge in [0, 0.05) is 42.8 Å². The summed E-state index contributed by atoms with van der Waals surface area (Å²) in [7, 11) is 0. The quantitative estimate of drug-likeness (QED) is 0.724. The summed E-state index contributed by atoms with van der Waals surface area (Å²) in [6.45, 7) is 3.80. The minimum absolute atomic E-state index is 0.0517. The van der Waals surface area contributed by atoms with Gasteiger partial charge in [-0.25, -0.2) is 9.78 Å². The number of hydrogen-bond acceptors (Lipinski definition) is 4. The Morgan fingerprint density at radius 1 is 1.14 bits per heavy atom. The number of carbonyl (C=O) groups is 1. The summed E-state index contributed by atoms with van der Waals surface area (Å²) in [5.74, 6) is 2.77. The van der Waals surface area contributed by atoms with Crippen LogP contribution in [0.3, 0.4) is 0 Å². The number of nitrogens with zero attached hydrogens (tertiary/aromatic N) is 3. The maximum atomic E-state index is 12.0. The standard InChI is InChI=1S/C22H22N4O3/c1-15(11-16-5-6-19-20(12-16)29-14-28-19)21-23-7-9-25(21)17-3-2-4-18(13-17)26-10-8-24-22(26)27/h2-7,9,12-13,15H,8,10-11,14H2,1H3,(H,24,27). The van der Waals surface area contributed by atoms with Gasteiger partial charge in [-0.3, -0.25) is 4.90 Å². The van der Waals surface area contributed by atoms with Gasteiger partial charge in [0.05, 0.1) is 0 Å². The molecule has 7 heteroatoms. The highest BCUT2D eigenvalue weighted by Crippen LogP contribution is 2.34. The molecule has 1 fully saturated rings. The van der Waals surface area contributed by atoms with E-state index in [4.69, 9.17) is 9.47 Å². The zero-order chi connectivity index (χ0) is 19.8. The lowest BCUT2D eigenvalue weighted by Crippen LogP contribution is -2.27. The molecule has 148 valence electrons. The number of carbonyl (C=O) groups excluding carboxylic acids is 1. The van der Waals surface area contributed by atoms with Crippen molar-refractivity contribution in [2.75, 3.05) is 24.8 Å². The first-order chi connectivity index (χ1) is 14.2. The minimum atomic E-state index is -0.0517. The predicted octanol–water partition coefficient (Wildman–Crippen LogP) is 3.48. The van der Waals surface area contributed by atoms with Gasteiger partial charge in [-0.2, -0.15) is 0 Å². The smallest absolute Gasteiger partial charge is 0.321 e. The van der Waals surface area contributed by atoms with E-state index in [9.17, 15) is 4.79 Å². The highest BCUT2D eigenvalue weighted by Gasteiger charge is 2.22. The number of fused-ring (bicyclic) bond motifs is 1. The Hall–Kier alpha value is -3.48. The van der Waals surface area contributed by atoms with E-state index in [2.05, 4.69) is 27.9 Å². The summed E-state index contributed by atoms with van der Waals surface area (Å²) >= 11 is 0. The van der Waals surface area contributed by atoms with E-state index in [0.717, 1.165) is 35.1 Å². The van der Waals surface area contributed by atoms with Crippen molar-refractivity contribution in [1.29, 1.82) is 0 Å². The third kappa shape index (κ3) is 3.29. The number of aromatic nitrogens is 2. The van der Waals surface area contributed by atoms with Crippen molar-refractivity contribution in [1.82, 2.24) is 14.9 Å². The fourth-order valence-electron chi connectivity index (χ4n) is 3.94. The molecule has 0 spiro atoms. The largest absolute Gasteiger partial charge is 0.454 e. The maximum absolute atomic E-state index is 12.0. The number of amides is 2. The number of benzene rings is 2. The Labute approximate surface area is 168 Å². The van der Waals surface area contributed by atoms with Gasteiger partial charge < -0.3 is 19.4 Å². The van der Waals surface area contributed by atoms with Crippen LogP contribution < -0.4 is 19.7 Å². The van der Waals surface area contributed by atoms with E-state index in [1.807, 2.05) is 48.8 Å². The molecule has 2 amide bonds. The highest BCUT2D eigenvalue weighted by molar-refractivity contribution is 5.94. The number of urea groups is 1. The molecule has 7 nitrogen and oxygen atoms in total. The second-order valence-electron chi connectivity index (χ2n) is 7.35. The van der Waals surface area contributed by atoms with Crippen molar-refractivity contribution in [3.63, 3.8) is 0 Å². The molecule has 0 aliphatic carbocycles. The van der Waals surface area contributed by atoms with Crippen LogP contribution in [0.25, 0.3) is 5.69 Å². The molecule has 2 aliphatic rings. The van der Waals surface area contributed by atoms with Gasteiger partial charge >= 0.3 is 6.03 Å².